The highest BCUT2D eigenvalue weighted by Gasteiger charge is 2.25. The zero-order chi connectivity index (χ0) is 23.4. The fourth-order valence-electron chi connectivity index (χ4n) is 5.93. The van der Waals surface area contributed by atoms with Crippen molar-refractivity contribution in [3.05, 3.63) is 83.8 Å². The van der Waals surface area contributed by atoms with Crippen molar-refractivity contribution in [2.45, 2.75) is 34.1 Å². The molecule has 34 heavy (non-hydrogen) atoms. The first-order valence-corrected chi connectivity index (χ1v) is 11.9. The van der Waals surface area contributed by atoms with Crippen molar-refractivity contribution in [1.82, 2.24) is 9.38 Å². The minimum Gasteiger partial charge on any atom is -0.307 e. The third-order valence-electron chi connectivity index (χ3n) is 7.18. The molecule has 0 aliphatic heterocycles. The van der Waals surface area contributed by atoms with E-state index in [1.54, 1.807) is 6.07 Å². The molecule has 0 fully saturated rings. The van der Waals surface area contributed by atoms with Crippen LogP contribution < -0.4 is 0 Å². The third-order valence-corrected chi connectivity index (χ3v) is 7.18. The fourth-order valence-corrected chi connectivity index (χ4v) is 5.93. The minimum atomic E-state index is -0.174. The van der Waals surface area contributed by atoms with Gasteiger partial charge in [-0.1, -0.05) is 62.7 Å². The number of para-hydroxylation sites is 1. The van der Waals surface area contributed by atoms with Gasteiger partial charge in [0, 0.05) is 27.7 Å². The molecule has 7 rings (SSSR count). The topological polar surface area (TPSA) is 17.3 Å². The number of pyridine rings is 2. The molecule has 3 heterocycles. The lowest BCUT2D eigenvalue weighted by Gasteiger charge is -2.23. The van der Waals surface area contributed by atoms with Gasteiger partial charge >= 0.3 is 0 Å². The number of hydrogen-bond donors (Lipinski definition) is 0. The number of nitrogens with zero attached hydrogens (tertiary/aromatic N) is 2. The molecule has 0 atom stereocenters. The number of benzene rings is 4. The van der Waals surface area contributed by atoms with Gasteiger partial charge in [0.15, 0.2) is 0 Å². The summed E-state index contributed by atoms with van der Waals surface area (Å²) in [5.41, 5.74) is 6.71. The van der Waals surface area contributed by atoms with E-state index in [1.807, 2.05) is 30.5 Å². The molecule has 0 unspecified atom stereocenters. The lowest BCUT2D eigenvalue weighted by atomic mass is 9.84. The Bertz CT molecular complexity index is 1940. The maximum absolute atomic E-state index is 15.6. The van der Waals surface area contributed by atoms with Gasteiger partial charge < -0.3 is 4.40 Å². The summed E-state index contributed by atoms with van der Waals surface area (Å²) in [5, 5.41) is 7.19. The third kappa shape index (κ3) is 2.53. The fraction of sp³-hybridized carbons (Fsp3) is 0.194. The van der Waals surface area contributed by atoms with Gasteiger partial charge in [-0.2, -0.15) is 0 Å². The predicted molar refractivity (Wildman–Crippen MR) is 142 cm³/mol. The van der Waals surface area contributed by atoms with Crippen LogP contribution in [0.2, 0.25) is 0 Å². The summed E-state index contributed by atoms with van der Waals surface area (Å²) >= 11 is 0. The van der Waals surface area contributed by atoms with Crippen LogP contribution in [0, 0.1) is 18.2 Å². The Balaban J connectivity index is 1.91. The molecule has 0 N–H and O–H groups in total. The number of halogens is 1. The van der Waals surface area contributed by atoms with Gasteiger partial charge in [0.1, 0.15) is 5.82 Å². The molecule has 0 bridgehead atoms. The van der Waals surface area contributed by atoms with Crippen molar-refractivity contribution in [2.24, 2.45) is 5.41 Å². The molecule has 7 aromatic rings. The van der Waals surface area contributed by atoms with Gasteiger partial charge in [-0.15, -0.1) is 0 Å². The Morgan fingerprint density at radius 3 is 2.47 bits per heavy atom. The maximum Gasteiger partial charge on any atom is 0.133 e. The van der Waals surface area contributed by atoms with Crippen molar-refractivity contribution in [2.75, 3.05) is 0 Å². The second-order valence-corrected chi connectivity index (χ2v) is 10.9. The summed E-state index contributed by atoms with van der Waals surface area (Å²) in [5.74, 6) is -0.174. The Labute approximate surface area is 197 Å². The summed E-state index contributed by atoms with van der Waals surface area (Å²) in [4.78, 5) is 4.89. The molecule has 0 amide bonds. The molecule has 3 aromatic heterocycles. The number of hydrogen-bond acceptors (Lipinski definition) is 1. The SMILES string of the molecule is Cc1ccc2cc3c4nccc5cc(F)c6c7ccccc7n(c3c(CC(C)(C)C)c2c1)c6c54. The molecule has 0 saturated heterocycles. The molecule has 0 radical (unpaired) electrons. The van der Waals surface area contributed by atoms with E-state index in [0.717, 1.165) is 50.0 Å². The van der Waals surface area contributed by atoms with E-state index in [9.17, 15) is 0 Å². The average molecular weight is 445 g/mol. The predicted octanol–water partition coefficient (Wildman–Crippen LogP) is 8.57. The first-order valence-electron chi connectivity index (χ1n) is 11.9. The number of fused-ring (bicyclic) bond motifs is 7. The van der Waals surface area contributed by atoms with Crippen LogP contribution >= 0.6 is 0 Å². The van der Waals surface area contributed by atoms with E-state index in [-0.39, 0.29) is 11.2 Å². The van der Waals surface area contributed by atoms with Crippen LogP contribution in [-0.2, 0) is 6.42 Å². The highest BCUT2D eigenvalue weighted by Crippen LogP contribution is 2.44. The standard InChI is InChI=1S/C31H25FN2/c1-17-9-10-18-14-22-28-26-19(11-12-33-28)15-24(32)27-20-7-5-6-8-25(20)34(30(26)27)29(22)23(21(18)13-17)16-31(2,3)4/h5-15H,16H2,1-4H3. The first kappa shape index (κ1) is 19.7. The second kappa shape index (κ2) is 6.44. The van der Waals surface area contributed by atoms with Gasteiger partial charge in [-0.05, 0) is 64.7 Å². The van der Waals surface area contributed by atoms with Crippen LogP contribution in [-0.4, -0.2) is 9.38 Å². The van der Waals surface area contributed by atoms with Crippen molar-refractivity contribution in [1.29, 1.82) is 0 Å². The number of aryl methyl sites for hydroxylation is 1. The van der Waals surface area contributed by atoms with Crippen LogP contribution in [0.3, 0.4) is 0 Å². The Hall–Kier alpha value is -3.72. The molecular formula is C31H25FN2. The smallest absolute Gasteiger partial charge is 0.133 e. The van der Waals surface area contributed by atoms with Crippen molar-refractivity contribution >= 4 is 59.8 Å². The Morgan fingerprint density at radius 2 is 1.65 bits per heavy atom. The first-order chi connectivity index (χ1) is 16.3. The molecule has 2 nitrogen and oxygen atoms in total. The Morgan fingerprint density at radius 1 is 0.824 bits per heavy atom. The summed E-state index contributed by atoms with van der Waals surface area (Å²) in [7, 11) is 0. The summed E-state index contributed by atoms with van der Waals surface area (Å²) in [6.45, 7) is 9.00. The summed E-state index contributed by atoms with van der Waals surface area (Å²) in [6, 6.07) is 20.8. The minimum absolute atomic E-state index is 0.0789. The van der Waals surface area contributed by atoms with Crippen LogP contribution in [0.15, 0.2) is 66.9 Å². The van der Waals surface area contributed by atoms with Crippen molar-refractivity contribution in [3.63, 3.8) is 0 Å². The van der Waals surface area contributed by atoms with E-state index >= 15 is 4.39 Å². The number of rotatable bonds is 1. The van der Waals surface area contributed by atoms with Crippen molar-refractivity contribution in [3.8, 4) is 0 Å². The van der Waals surface area contributed by atoms with Crippen LogP contribution in [0.25, 0.3) is 59.8 Å². The van der Waals surface area contributed by atoms with E-state index < -0.39 is 0 Å². The number of aromatic nitrogens is 2. The monoisotopic (exact) mass is 444 g/mol. The highest BCUT2D eigenvalue weighted by molar-refractivity contribution is 6.29. The zero-order valence-electron chi connectivity index (χ0n) is 19.8. The highest BCUT2D eigenvalue weighted by atomic mass is 19.1. The van der Waals surface area contributed by atoms with Crippen LogP contribution in [0.5, 0.6) is 0 Å². The summed E-state index contributed by atoms with van der Waals surface area (Å²) < 4.78 is 18.0. The van der Waals surface area contributed by atoms with Crippen LogP contribution in [0.4, 0.5) is 4.39 Å². The molecule has 4 aromatic carbocycles. The lowest BCUT2D eigenvalue weighted by Crippen LogP contribution is -2.11. The summed E-state index contributed by atoms with van der Waals surface area (Å²) in [6.07, 6.45) is 2.72. The molecule has 0 spiro atoms. The van der Waals surface area contributed by atoms with E-state index in [4.69, 9.17) is 4.98 Å². The molecule has 0 saturated carbocycles. The van der Waals surface area contributed by atoms with Crippen molar-refractivity contribution < 1.29 is 4.39 Å². The quantitative estimate of drug-likeness (QED) is 0.183. The second-order valence-electron chi connectivity index (χ2n) is 10.9. The molecule has 0 aliphatic rings. The molecule has 166 valence electrons. The van der Waals surface area contributed by atoms with Gasteiger partial charge in [-0.25, -0.2) is 4.39 Å². The maximum atomic E-state index is 15.6. The largest absolute Gasteiger partial charge is 0.307 e. The Kier molecular flexibility index (Phi) is 3.74. The van der Waals surface area contributed by atoms with Gasteiger partial charge in [-0.3, -0.25) is 4.98 Å². The van der Waals surface area contributed by atoms with Gasteiger partial charge in [0.25, 0.3) is 0 Å². The molecular weight excluding hydrogens is 419 g/mol. The normalized spacial score (nSPS) is 13.0. The van der Waals surface area contributed by atoms with E-state index in [0.29, 0.717) is 5.39 Å². The van der Waals surface area contributed by atoms with E-state index in [1.165, 1.54) is 21.9 Å². The average Bonchev–Trinajstić information content (AvgIpc) is 3.14. The lowest BCUT2D eigenvalue weighted by molar-refractivity contribution is 0.413. The molecule has 3 heteroatoms. The van der Waals surface area contributed by atoms with Crippen LogP contribution in [0.1, 0.15) is 31.9 Å². The van der Waals surface area contributed by atoms with Gasteiger partial charge in [0.2, 0.25) is 0 Å². The molecule has 0 aliphatic carbocycles. The zero-order valence-corrected chi connectivity index (χ0v) is 19.8. The van der Waals surface area contributed by atoms with Gasteiger partial charge in [0.05, 0.1) is 22.1 Å². The van der Waals surface area contributed by atoms with E-state index in [2.05, 4.69) is 62.4 Å².